The normalized spacial score (nSPS) is 16.6. The van der Waals surface area contributed by atoms with Gasteiger partial charge in [0.2, 0.25) is 5.91 Å². The number of carbonyl (C=O) groups is 2. The first kappa shape index (κ1) is 25.2. The first-order valence-corrected chi connectivity index (χ1v) is 10.1. The summed E-state index contributed by atoms with van der Waals surface area (Å²) in [5.41, 5.74) is 1.19. The number of aliphatic imine (C=N–C) groups is 1. The number of guanidine groups is 1. The van der Waals surface area contributed by atoms with Crippen molar-refractivity contribution in [2.75, 3.05) is 39.3 Å². The Labute approximate surface area is 190 Å². The Morgan fingerprint density at radius 2 is 1.97 bits per heavy atom. The lowest BCUT2D eigenvalue weighted by Crippen LogP contribution is -2.48. The molecule has 0 spiro atoms. The van der Waals surface area contributed by atoms with Gasteiger partial charge in [0.1, 0.15) is 6.54 Å². The van der Waals surface area contributed by atoms with E-state index >= 15 is 0 Å². The number of hydrogen-bond acceptors (Lipinski definition) is 4. The number of amides is 1. The fourth-order valence-electron chi connectivity index (χ4n) is 3.24. The van der Waals surface area contributed by atoms with Crippen molar-refractivity contribution in [1.29, 1.82) is 0 Å². The van der Waals surface area contributed by atoms with Gasteiger partial charge in [0.25, 0.3) is 0 Å². The van der Waals surface area contributed by atoms with Crippen molar-refractivity contribution in [3.63, 3.8) is 0 Å². The van der Waals surface area contributed by atoms with E-state index in [4.69, 9.17) is 4.74 Å². The predicted molar refractivity (Wildman–Crippen MR) is 125 cm³/mol. The highest BCUT2D eigenvalue weighted by Crippen LogP contribution is 2.18. The monoisotopic (exact) mass is 516 g/mol. The lowest BCUT2D eigenvalue weighted by atomic mass is 9.98. The van der Waals surface area contributed by atoms with Crippen molar-refractivity contribution in [3.8, 4) is 0 Å². The maximum absolute atomic E-state index is 12.1. The van der Waals surface area contributed by atoms with Crippen LogP contribution in [0.5, 0.6) is 0 Å². The minimum Gasteiger partial charge on any atom is -0.466 e. The molecule has 1 amide bonds. The summed E-state index contributed by atoms with van der Waals surface area (Å²) in [4.78, 5) is 30.7. The number of piperidine rings is 1. The summed E-state index contributed by atoms with van der Waals surface area (Å²) < 4.78 is 5.16. The van der Waals surface area contributed by atoms with E-state index in [2.05, 4.69) is 15.6 Å². The Morgan fingerprint density at radius 3 is 2.66 bits per heavy atom. The van der Waals surface area contributed by atoms with Gasteiger partial charge in [-0.2, -0.15) is 0 Å². The maximum atomic E-state index is 12.1. The van der Waals surface area contributed by atoms with Crippen LogP contribution in [0.4, 0.5) is 0 Å². The Kier molecular flexibility index (Phi) is 12.3. The molecule has 1 aromatic rings. The van der Waals surface area contributed by atoms with Crippen molar-refractivity contribution in [2.24, 2.45) is 10.9 Å². The molecule has 1 aliphatic heterocycles. The lowest BCUT2D eigenvalue weighted by molar-refractivity contribution is -0.149. The van der Waals surface area contributed by atoms with Gasteiger partial charge in [-0.15, -0.1) is 24.0 Å². The highest BCUT2D eigenvalue weighted by molar-refractivity contribution is 14.0. The smallest absolute Gasteiger partial charge is 0.310 e. The lowest BCUT2D eigenvalue weighted by Gasteiger charge is -2.33. The molecule has 7 nitrogen and oxygen atoms in total. The van der Waals surface area contributed by atoms with E-state index in [1.165, 1.54) is 5.56 Å². The SMILES string of the molecule is CCNC(=NCC(=O)NCCc1ccccc1)N1CCCC(C(=O)OCC)C1.I. The molecule has 2 rings (SSSR count). The number of nitrogens with zero attached hydrogens (tertiary/aromatic N) is 2. The van der Waals surface area contributed by atoms with Crippen LogP contribution in [-0.4, -0.2) is 62.1 Å². The van der Waals surface area contributed by atoms with Crippen LogP contribution in [0.15, 0.2) is 35.3 Å². The van der Waals surface area contributed by atoms with Crippen molar-refractivity contribution in [3.05, 3.63) is 35.9 Å². The van der Waals surface area contributed by atoms with Gasteiger partial charge in [-0.1, -0.05) is 30.3 Å². The molecule has 1 unspecified atom stereocenters. The van der Waals surface area contributed by atoms with Gasteiger partial charge in [-0.25, -0.2) is 4.99 Å². The number of likely N-dealkylation sites (tertiary alicyclic amines) is 1. The summed E-state index contributed by atoms with van der Waals surface area (Å²) in [6.45, 7) is 6.95. The molecule has 1 aromatic carbocycles. The molecular weight excluding hydrogens is 483 g/mol. The minimum atomic E-state index is -0.151. The summed E-state index contributed by atoms with van der Waals surface area (Å²) in [5, 5.41) is 6.13. The van der Waals surface area contributed by atoms with Crippen LogP contribution in [0, 0.1) is 5.92 Å². The van der Waals surface area contributed by atoms with E-state index in [9.17, 15) is 9.59 Å². The van der Waals surface area contributed by atoms with Crippen molar-refractivity contribution >= 4 is 41.8 Å². The Bertz CT molecular complexity index is 655. The highest BCUT2D eigenvalue weighted by atomic mass is 127. The van der Waals surface area contributed by atoms with Crippen LogP contribution in [0.1, 0.15) is 32.3 Å². The van der Waals surface area contributed by atoms with Crippen LogP contribution in [-0.2, 0) is 20.7 Å². The van der Waals surface area contributed by atoms with Crippen molar-refractivity contribution in [1.82, 2.24) is 15.5 Å². The van der Waals surface area contributed by atoms with Gasteiger partial charge in [-0.3, -0.25) is 9.59 Å². The second-order valence-corrected chi connectivity index (χ2v) is 6.79. The molecule has 2 N–H and O–H groups in total. The zero-order valence-corrected chi connectivity index (χ0v) is 19.7. The molecule has 8 heteroatoms. The third kappa shape index (κ3) is 9.01. The second kappa shape index (κ2) is 14.2. The molecule has 1 heterocycles. The fraction of sp³-hybridized carbons (Fsp3) is 0.571. The third-order valence-electron chi connectivity index (χ3n) is 4.63. The summed E-state index contributed by atoms with van der Waals surface area (Å²) in [7, 11) is 0. The van der Waals surface area contributed by atoms with E-state index in [0.29, 0.717) is 32.2 Å². The summed E-state index contributed by atoms with van der Waals surface area (Å²) >= 11 is 0. The number of carbonyl (C=O) groups excluding carboxylic acids is 2. The maximum Gasteiger partial charge on any atom is 0.310 e. The quantitative estimate of drug-likeness (QED) is 0.240. The molecule has 29 heavy (non-hydrogen) atoms. The summed E-state index contributed by atoms with van der Waals surface area (Å²) in [5.74, 6) is 0.277. The van der Waals surface area contributed by atoms with Crippen LogP contribution in [0.25, 0.3) is 0 Å². The average Bonchev–Trinajstić information content (AvgIpc) is 2.72. The molecule has 0 bridgehead atoms. The van der Waals surface area contributed by atoms with Gasteiger partial charge < -0.3 is 20.3 Å². The number of halogens is 1. The Balaban J connectivity index is 0.00000420. The molecule has 1 saturated heterocycles. The largest absolute Gasteiger partial charge is 0.466 e. The molecule has 0 aliphatic carbocycles. The fourth-order valence-corrected chi connectivity index (χ4v) is 3.24. The molecular formula is C21H33IN4O3. The zero-order chi connectivity index (χ0) is 20.2. The van der Waals surface area contributed by atoms with Gasteiger partial charge in [0.15, 0.2) is 5.96 Å². The number of esters is 1. The van der Waals surface area contributed by atoms with E-state index < -0.39 is 0 Å². The number of nitrogens with one attached hydrogen (secondary N) is 2. The van der Waals surface area contributed by atoms with Crippen LogP contribution in [0.2, 0.25) is 0 Å². The van der Waals surface area contributed by atoms with E-state index in [1.807, 2.05) is 49.1 Å². The summed E-state index contributed by atoms with van der Waals surface area (Å²) in [6.07, 6.45) is 2.52. The highest BCUT2D eigenvalue weighted by Gasteiger charge is 2.28. The predicted octanol–water partition coefficient (Wildman–Crippen LogP) is 2.20. The number of rotatable bonds is 8. The minimum absolute atomic E-state index is 0. The van der Waals surface area contributed by atoms with Gasteiger partial charge in [0, 0.05) is 26.2 Å². The second-order valence-electron chi connectivity index (χ2n) is 6.79. The van der Waals surface area contributed by atoms with Crippen LogP contribution < -0.4 is 10.6 Å². The van der Waals surface area contributed by atoms with E-state index in [1.54, 1.807) is 0 Å². The first-order valence-electron chi connectivity index (χ1n) is 10.1. The van der Waals surface area contributed by atoms with Gasteiger partial charge in [0.05, 0.1) is 12.5 Å². The molecule has 0 aromatic heterocycles. The van der Waals surface area contributed by atoms with Crippen molar-refractivity contribution < 1.29 is 14.3 Å². The number of hydrogen-bond donors (Lipinski definition) is 2. The number of ether oxygens (including phenoxy) is 1. The molecule has 0 radical (unpaired) electrons. The summed E-state index contributed by atoms with van der Waals surface area (Å²) in [6, 6.07) is 10.1. The van der Waals surface area contributed by atoms with Crippen LogP contribution in [0.3, 0.4) is 0 Å². The van der Waals surface area contributed by atoms with E-state index in [-0.39, 0.29) is 48.3 Å². The van der Waals surface area contributed by atoms with Crippen molar-refractivity contribution in [2.45, 2.75) is 33.1 Å². The topological polar surface area (TPSA) is 83.0 Å². The molecule has 0 saturated carbocycles. The van der Waals surface area contributed by atoms with Gasteiger partial charge >= 0.3 is 5.97 Å². The average molecular weight is 516 g/mol. The Hall–Kier alpha value is -1.84. The molecule has 162 valence electrons. The van der Waals surface area contributed by atoms with Gasteiger partial charge in [-0.05, 0) is 38.7 Å². The van der Waals surface area contributed by atoms with Crippen LogP contribution >= 0.6 is 24.0 Å². The molecule has 1 fully saturated rings. The number of benzene rings is 1. The molecule has 1 atom stereocenters. The van der Waals surface area contributed by atoms with E-state index in [0.717, 1.165) is 25.8 Å². The zero-order valence-electron chi connectivity index (χ0n) is 17.4. The molecule has 1 aliphatic rings. The standard InChI is InChI=1S/C21H32N4O3.HI/c1-3-22-21(25-14-8-11-18(16-25)20(27)28-4-2)24-15-19(26)23-13-12-17-9-6-5-7-10-17;/h5-7,9-10,18H,3-4,8,11-16H2,1-2H3,(H,22,24)(H,23,26);1H. The first-order chi connectivity index (χ1) is 13.6. The Morgan fingerprint density at radius 1 is 1.21 bits per heavy atom. The third-order valence-corrected chi connectivity index (χ3v) is 4.63.